The van der Waals surface area contributed by atoms with Crippen LogP contribution in [0.1, 0.15) is 40.4 Å². The smallest absolute Gasteiger partial charge is 0.244 e. The maximum Gasteiger partial charge on any atom is 0.244 e. The molecule has 2 aromatic rings. The Bertz CT molecular complexity index is 773. The monoisotopic (exact) mass is 354 g/mol. The van der Waals surface area contributed by atoms with Gasteiger partial charge in [-0.1, -0.05) is 29.8 Å². The van der Waals surface area contributed by atoms with Gasteiger partial charge in [0.25, 0.3) is 0 Å². The number of likely N-dealkylation sites (tertiary alicyclic amines) is 1. The van der Waals surface area contributed by atoms with E-state index in [1.807, 2.05) is 49.3 Å². The number of nitrogens with one attached hydrogen (secondary N) is 1. The van der Waals surface area contributed by atoms with Gasteiger partial charge in [-0.25, -0.2) is 0 Å². The van der Waals surface area contributed by atoms with Crippen LogP contribution in [0, 0.1) is 12.8 Å². The van der Waals surface area contributed by atoms with Crippen molar-refractivity contribution >= 4 is 11.7 Å². The Morgan fingerprint density at radius 2 is 1.85 bits per heavy atom. The molecular formula is C20H26N4O2. The van der Waals surface area contributed by atoms with Gasteiger partial charge < -0.3 is 10.2 Å². The first-order valence-electron chi connectivity index (χ1n) is 9.05. The van der Waals surface area contributed by atoms with Gasteiger partial charge in [0.1, 0.15) is 6.04 Å². The molecule has 0 radical (unpaired) electrons. The molecule has 6 nitrogen and oxygen atoms in total. The lowest BCUT2D eigenvalue weighted by molar-refractivity contribution is -0.134. The minimum atomic E-state index is -0.395. The van der Waals surface area contributed by atoms with Gasteiger partial charge in [0, 0.05) is 43.4 Å². The van der Waals surface area contributed by atoms with Crippen LogP contribution in [0.5, 0.6) is 0 Å². The van der Waals surface area contributed by atoms with Crippen molar-refractivity contribution in [3.63, 3.8) is 0 Å². The molecule has 1 aromatic heterocycles. The fraction of sp³-hybridized carbons (Fsp3) is 0.450. The van der Waals surface area contributed by atoms with E-state index in [0.29, 0.717) is 25.9 Å². The Labute approximate surface area is 154 Å². The normalized spacial score (nSPS) is 16.5. The van der Waals surface area contributed by atoms with Crippen LogP contribution in [0.15, 0.2) is 36.7 Å². The maximum atomic E-state index is 12.9. The Morgan fingerprint density at radius 1 is 1.19 bits per heavy atom. The first-order chi connectivity index (χ1) is 12.5. The number of benzene rings is 1. The van der Waals surface area contributed by atoms with Crippen molar-refractivity contribution < 1.29 is 9.59 Å². The molecule has 1 atom stereocenters. The Kier molecular flexibility index (Phi) is 5.52. The highest BCUT2D eigenvalue weighted by molar-refractivity contribution is 5.98. The fourth-order valence-corrected chi connectivity index (χ4v) is 3.52. The molecule has 1 fully saturated rings. The number of ketones is 1. The Balaban J connectivity index is 1.61. The van der Waals surface area contributed by atoms with Gasteiger partial charge >= 0.3 is 0 Å². The predicted molar refractivity (Wildman–Crippen MR) is 99.8 cm³/mol. The summed E-state index contributed by atoms with van der Waals surface area (Å²) < 4.78 is 1.69. The van der Waals surface area contributed by atoms with Crippen molar-refractivity contribution in [1.82, 2.24) is 20.0 Å². The van der Waals surface area contributed by atoms with Crippen LogP contribution in [0.2, 0.25) is 0 Å². The molecule has 0 bridgehead atoms. The molecule has 1 aliphatic rings. The van der Waals surface area contributed by atoms with Gasteiger partial charge in [-0.2, -0.15) is 5.10 Å². The molecule has 2 heterocycles. The zero-order valence-electron chi connectivity index (χ0n) is 15.6. The molecule has 0 spiro atoms. The number of aromatic nitrogens is 2. The summed E-state index contributed by atoms with van der Waals surface area (Å²) in [6.07, 6.45) is 4.99. The minimum Gasteiger partial charge on any atom is -0.341 e. The van der Waals surface area contributed by atoms with Crippen molar-refractivity contribution in [3.8, 4) is 0 Å². The second-order valence-corrected chi connectivity index (χ2v) is 7.00. The largest absolute Gasteiger partial charge is 0.341 e. The van der Waals surface area contributed by atoms with Crippen molar-refractivity contribution in [2.75, 3.05) is 20.1 Å². The van der Waals surface area contributed by atoms with E-state index in [2.05, 4.69) is 10.4 Å². The zero-order chi connectivity index (χ0) is 18.7. The van der Waals surface area contributed by atoms with Gasteiger partial charge in [0.2, 0.25) is 5.91 Å². The van der Waals surface area contributed by atoms with E-state index in [1.165, 1.54) is 0 Å². The zero-order valence-corrected chi connectivity index (χ0v) is 15.6. The topological polar surface area (TPSA) is 67.2 Å². The molecule has 1 N–H and O–H groups in total. The van der Waals surface area contributed by atoms with E-state index >= 15 is 0 Å². The summed E-state index contributed by atoms with van der Waals surface area (Å²) in [5, 5.41) is 7.23. The number of carbonyl (C=O) groups excluding carboxylic acids is 2. The third-order valence-corrected chi connectivity index (χ3v) is 5.11. The summed E-state index contributed by atoms with van der Waals surface area (Å²) in [6.45, 7) is 3.23. The number of rotatable bonds is 5. The summed E-state index contributed by atoms with van der Waals surface area (Å²) in [4.78, 5) is 27.4. The SMILES string of the molecule is CNC(C(=O)N1CCC(C(=O)c2ccc(C)cc2)CC1)c1cnn(C)c1. The number of amides is 1. The third kappa shape index (κ3) is 3.85. The molecular weight excluding hydrogens is 328 g/mol. The molecule has 0 aliphatic carbocycles. The molecule has 0 saturated carbocycles. The first kappa shape index (κ1) is 18.3. The second kappa shape index (κ2) is 7.83. The summed E-state index contributed by atoms with van der Waals surface area (Å²) in [5.74, 6) is 0.226. The molecule has 138 valence electrons. The lowest BCUT2D eigenvalue weighted by Crippen LogP contribution is -2.45. The quantitative estimate of drug-likeness (QED) is 0.835. The number of nitrogens with zero attached hydrogens (tertiary/aromatic N) is 3. The fourth-order valence-electron chi connectivity index (χ4n) is 3.52. The highest BCUT2D eigenvalue weighted by Gasteiger charge is 2.31. The van der Waals surface area contributed by atoms with Crippen molar-refractivity contribution in [2.24, 2.45) is 13.0 Å². The number of carbonyl (C=O) groups is 2. The minimum absolute atomic E-state index is 0.00631. The van der Waals surface area contributed by atoms with E-state index < -0.39 is 6.04 Å². The number of likely N-dealkylation sites (N-methyl/N-ethyl adjacent to an activating group) is 1. The van der Waals surface area contributed by atoms with Crippen molar-refractivity contribution in [3.05, 3.63) is 53.3 Å². The van der Waals surface area contributed by atoms with Crippen LogP contribution in [0.25, 0.3) is 0 Å². The molecule has 3 rings (SSSR count). The number of aryl methyl sites for hydroxylation is 2. The lowest BCUT2D eigenvalue weighted by Gasteiger charge is -2.33. The molecule has 26 heavy (non-hydrogen) atoms. The van der Waals surface area contributed by atoms with Crippen LogP contribution >= 0.6 is 0 Å². The van der Waals surface area contributed by atoms with E-state index in [1.54, 1.807) is 17.9 Å². The van der Waals surface area contributed by atoms with E-state index in [9.17, 15) is 9.59 Å². The molecule has 1 aliphatic heterocycles. The third-order valence-electron chi connectivity index (χ3n) is 5.11. The maximum absolute atomic E-state index is 12.9. The number of hydrogen-bond donors (Lipinski definition) is 1. The second-order valence-electron chi connectivity index (χ2n) is 7.00. The van der Waals surface area contributed by atoms with Crippen molar-refractivity contribution in [2.45, 2.75) is 25.8 Å². The van der Waals surface area contributed by atoms with Gasteiger partial charge in [0.15, 0.2) is 5.78 Å². The average Bonchev–Trinajstić information content (AvgIpc) is 3.08. The summed E-state index contributed by atoms with van der Waals surface area (Å²) in [6, 6.07) is 7.34. The standard InChI is InChI=1S/C20H26N4O2/c1-14-4-6-15(7-5-14)19(25)16-8-10-24(11-9-16)20(26)18(21-2)17-12-22-23(3)13-17/h4-7,12-13,16,18,21H,8-11H2,1-3H3. The van der Waals surface area contributed by atoms with Gasteiger partial charge in [0.05, 0.1) is 6.20 Å². The lowest BCUT2D eigenvalue weighted by atomic mass is 9.88. The highest BCUT2D eigenvalue weighted by atomic mass is 16.2. The van der Waals surface area contributed by atoms with Gasteiger partial charge in [-0.3, -0.25) is 14.3 Å². The van der Waals surface area contributed by atoms with Crippen LogP contribution in [0.3, 0.4) is 0 Å². The number of hydrogen-bond acceptors (Lipinski definition) is 4. The molecule has 1 unspecified atom stereocenters. The molecule has 1 amide bonds. The van der Waals surface area contributed by atoms with E-state index in [-0.39, 0.29) is 17.6 Å². The van der Waals surface area contributed by atoms with Gasteiger partial charge in [-0.05, 0) is 26.8 Å². The number of piperidine rings is 1. The highest BCUT2D eigenvalue weighted by Crippen LogP contribution is 2.24. The van der Waals surface area contributed by atoms with Crippen LogP contribution in [0.4, 0.5) is 0 Å². The predicted octanol–water partition coefficient (Wildman–Crippen LogP) is 2.11. The molecule has 1 aromatic carbocycles. The molecule has 6 heteroatoms. The van der Waals surface area contributed by atoms with E-state index in [4.69, 9.17) is 0 Å². The first-order valence-corrected chi connectivity index (χ1v) is 9.05. The Morgan fingerprint density at radius 3 is 2.38 bits per heavy atom. The number of Topliss-reactive ketones (excluding diaryl/α,β-unsaturated/α-hetero) is 1. The van der Waals surface area contributed by atoms with Gasteiger partial charge in [-0.15, -0.1) is 0 Å². The molecule has 1 saturated heterocycles. The summed E-state index contributed by atoms with van der Waals surface area (Å²) in [7, 11) is 3.62. The summed E-state index contributed by atoms with van der Waals surface area (Å²) >= 11 is 0. The van der Waals surface area contributed by atoms with Crippen LogP contribution in [-0.4, -0.2) is 46.5 Å². The van der Waals surface area contributed by atoms with E-state index in [0.717, 1.165) is 16.7 Å². The van der Waals surface area contributed by atoms with Crippen LogP contribution in [-0.2, 0) is 11.8 Å². The Hall–Kier alpha value is -2.47. The van der Waals surface area contributed by atoms with Crippen molar-refractivity contribution in [1.29, 1.82) is 0 Å². The average molecular weight is 354 g/mol. The van der Waals surface area contributed by atoms with Crippen LogP contribution < -0.4 is 5.32 Å². The summed E-state index contributed by atoms with van der Waals surface area (Å²) in [5.41, 5.74) is 2.78.